The van der Waals surface area contributed by atoms with Gasteiger partial charge in [-0.2, -0.15) is 0 Å². The number of piperazine rings is 1. The first-order valence-electron chi connectivity index (χ1n) is 12.1. The van der Waals surface area contributed by atoms with Crippen molar-refractivity contribution >= 4 is 29.0 Å². The lowest BCUT2D eigenvalue weighted by molar-refractivity contribution is 0.205. The zero-order chi connectivity index (χ0) is 24.5. The SMILES string of the molecule is C=Nc1c(/C(=N\COC)N2CC3CCC(C2)N3)cc(F)c(-c2cccc3cccc(CC)c23)c1F. The Balaban J connectivity index is 1.69. The van der Waals surface area contributed by atoms with Crippen molar-refractivity contribution in [3.05, 3.63) is 65.2 Å². The second-order valence-corrected chi connectivity index (χ2v) is 9.22. The van der Waals surface area contributed by atoms with Gasteiger partial charge in [0.1, 0.15) is 24.1 Å². The van der Waals surface area contributed by atoms with Gasteiger partial charge in [0.2, 0.25) is 0 Å². The number of aryl methyl sites for hydroxylation is 1. The van der Waals surface area contributed by atoms with Crippen LogP contribution < -0.4 is 5.32 Å². The van der Waals surface area contributed by atoms with Gasteiger partial charge in [0.25, 0.3) is 0 Å². The van der Waals surface area contributed by atoms with Crippen molar-refractivity contribution in [2.24, 2.45) is 9.98 Å². The number of aliphatic imine (C=N–C) groups is 2. The molecule has 2 aliphatic heterocycles. The molecule has 0 saturated carbocycles. The average molecular weight is 477 g/mol. The molecule has 1 N–H and O–H groups in total. The summed E-state index contributed by atoms with van der Waals surface area (Å²) in [6.07, 6.45) is 2.91. The Labute approximate surface area is 204 Å². The van der Waals surface area contributed by atoms with Crippen molar-refractivity contribution in [3.8, 4) is 11.1 Å². The summed E-state index contributed by atoms with van der Waals surface area (Å²) in [6.45, 7) is 7.18. The molecule has 7 heteroatoms. The van der Waals surface area contributed by atoms with Gasteiger partial charge in [0.15, 0.2) is 5.82 Å². The van der Waals surface area contributed by atoms with E-state index in [9.17, 15) is 0 Å². The van der Waals surface area contributed by atoms with E-state index < -0.39 is 11.6 Å². The van der Waals surface area contributed by atoms with Gasteiger partial charge in [-0.15, -0.1) is 0 Å². The van der Waals surface area contributed by atoms with Gasteiger partial charge >= 0.3 is 0 Å². The normalized spacial score (nSPS) is 20.0. The van der Waals surface area contributed by atoms with Crippen LogP contribution in [0.5, 0.6) is 0 Å². The smallest absolute Gasteiger partial charge is 0.160 e. The zero-order valence-corrected chi connectivity index (χ0v) is 20.2. The Kier molecular flexibility index (Phi) is 6.62. The Bertz CT molecular complexity index is 1290. The molecule has 35 heavy (non-hydrogen) atoms. The number of hydrogen-bond acceptors (Lipinski definition) is 4. The van der Waals surface area contributed by atoms with Crippen molar-refractivity contribution in [3.63, 3.8) is 0 Å². The van der Waals surface area contributed by atoms with Crippen molar-refractivity contribution < 1.29 is 13.5 Å². The predicted molar refractivity (Wildman–Crippen MR) is 138 cm³/mol. The summed E-state index contributed by atoms with van der Waals surface area (Å²) in [4.78, 5) is 10.7. The first-order valence-corrected chi connectivity index (χ1v) is 12.1. The van der Waals surface area contributed by atoms with Gasteiger partial charge in [0.05, 0.1) is 5.56 Å². The minimum absolute atomic E-state index is 0.00751. The van der Waals surface area contributed by atoms with E-state index in [0.29, 0.717) is 42.1 Å². The largest absolute Gasteiger partial charge is 0.362 e. The van der Waals surface area contributed by atoms with Gasteiger partial charge in [0, 0.05) is 37.8 Å². The summed E-state index contributed by atoms with van der Waals surface area (Å²) in [5.41, 5.74) is 1.77. The molecule has 3 aromatic rings. The third-order valence-electron chi connectivity index (χ3n) is 7.09. The topological polar surface area (TPSA) is 49.2 Å². The van der Waals surface area contributed by atoms with Gasteiger partial charge in [-0.25, -0.2) is 13.8 Å². The zero-order valence-electron chi connectivity index (χ0n) is 20.2. The Morgan fingerprint density at radius 3 is 2.51 bits per heavy atom. The molecule has 0 radical (unpaired) electrons. The van der Waals surface area contributed by atoms with Crippen LogP contribution >= 0.6 is 0 Å². The standard InChI is InChI=1S/C28H30F2N4O/c1-4-17-7-5-8-18-9-6-10-21(24(17)18)25-23(29)13-22(27(31-2)26(25)30)28(32-16-35-3)34-14-19-11-12-20(15-34)33-19/h5-10,13,19-20,33H,2,4,11-12,14-16H2,1,3H3/b32-28+. The van der Waals surface area contributed by atoms with Crippen LogP contribution in [0.1, 0.15) is 30.9 Å². The number of nitrogens with one attached hydrogen (secondary N) is 1. The quantitative estimate of drug-likeness (QED) is 0.379. The van der Waals surface area contributed by atoms with Crippen molar-refractivity contribution in [2.45, 2.75) is 38.3 Å². The van der Waals surface area contributed by atoms with Crippen LogP contribution in [-0.4, -0.2) is 56.5 Å². The highest BCUT2D eigenvalue weighted by Gasteiger charge is 2.35. The van der Waals surface area contributed by atoms with Crippen molar-refractivity contribution in [2.75, 3.05) is 26.9 Å². The third-order valence-corrected chi connectivity index (χ3v) is 7.09. The van der Waals surface area contributed by atoms with Crippen molar-refractivity contribution in [1.82, 2.24) is 10.2 Å². The van der Waals surface area contributed by atoms with Crippen molar-refractivity contribution in [1.29, 1.82) is 0 Å². The van der Waals surface area contributed by atoms with E-state index in [1.807, 2.05) is 37.3 Å². The second-order valence-electron chi connectivity index (χ2n) is 9.22. The maximum absolute atomic E-state index is 16.2. The number of ether oxygens (including phenoxy) is 1. The molecule has 0 amide bonds. The van der Waals surface area contributed by atoms with E-state index in [1.54, 1.807) is 13.2 Å². The van der Waals surface area contributed by atoms with E-state index in [1.165, 1.54) is 6.07 Å². The van der Waals surface area contributed by atoms with Gasteiger partial charge in [-0.1, -0.05) is 43.3 Å². The molecule has 5 rings (SSSR count). The number of fused-ring (bicyclic) bond motifs is 3. The third kappa shape index (κ3) is 4.23. The molecule has 5 nitrogen and oxygen atoms in total. The number of benzene rings is 3. The molecule has 0 aromatic heterocycles. The lowest BCUT2D eigenvalue weighted by Gasteiger charge is -2.35. The molecule has 3 aromatic carbocycles. The van der Waals surface area contributed by atoms with E-state index in [4.69, 9.17) is 4.74 Å². The van der Waals surface area contributed by atoms with Crippen LogP contribution in [0.15, 0.2) is 52.4 Å². The molecule has 0 spiro atoms. The molecule has 2 heterocycles. The number of likely N-dealkylation sites (tertiary alicyclic amines) is 1. The van der Waals surface area contributed by atoms with Gasteiger partial charge < -0.3 is 15.0 Å². The average Bonchev–Trinajstić information content (AvgIpc) is 3.21. The molecule has 0 aliphatic carbocycles. The second kappa shape index (κ2) is 9.84. The van der Waals surface area contributed by atoms with Crippen LogP contribution in [0.4, 0.5) is 14.5 Å². The number of hydrogen-bond donors (Lipinski definition) is 1. The highest BCUT2D eigenvalue weighted by molar-refractivity contribution is 6.06. The maximum Gasteiger partial charge on any atom is 0.160 e. The van der Waals surface area contributed by atoms with Gasteiger partial charge in [-0.05, 0) is 53.9 Å². The summed E-state index contributed by atoms with van der Waals surface area (Å²) in [7, 11) is 1.55. The lowest BCUT2D eigenvalue weighted by Crippen LogP contribution is -2.53. The molecular weight excluding hydrogens is 446 g/mol. The van der Waals surface area contributed by atoms with E-state index in [-0.39, 0.29) is 18.0 Å². The Morgan fingerprint density at radius 1 is 1.14 bits per heavy atom. The number of amidine groups is 1. The van der Waals surface area contributed by atoms with E-state index in [0.717, 1.165) is 35.6 Å². The molecule has 2 unspecified atom stereocenters. The Hall–Kier alpha value is -3.16. The predicted octanol–water partition coefficient (Wildman–Crippen LogP) is 5.47. The number of rotatable bonds is 6. The van der Waals surface area contributed by atoms with Crippen LogP contribution in [0.2, 0.25) is 0 Å². The molecule has 2 saturated heterocycles. The van der Waals surface area contributed by atoms with E-state index >= 15 is 8.78 Å². The molecule has 2 aliphatic rings. The monoisotopic (exact) mass is 476 g/mol. The first kappa shape index (κ1) is 23.6. The fourth-order valence-corrected chi connectivity index (χ4v) is 5.55. The molecule has 182 valence electrons. The summed E-state index contributed by atoms with van der Waals surface area (Å²) in [6, 6.07) is 13.5. The minimum Gasteiger partial charge on any atom is -0.362 e. The molecule has 2 fully saturated rings. The minimum atomic E-state index is -0.725. The van der Waals surface area contributed by atoms with Crippen LogP contribution in [-0.2, 0) is 11.2 Å². The molecular formula is C28H30F2N4O. The summed E-state index contributed by atoms with van der Waals surface area (Å²) in [5.74, 6) is -0.882. The summed E-state index contributed by atoms with van der Waals surface area (Å²) < 4.78 is 37.2. The van der Waals surface area contributed by atoms with Crippen LogP contribution in [0.3, 0.4) is 0 Å². The van der Waals surface area contributed by atoms with Crippen LogP contribution in [0, 0.1) is 11.6 Å². The first-order chi connectivity index (χ1) is 17.0. The molecule has 2 bridgehead atoms. The fourth-order valence-electron chi connectivity index (χ4n) is 5.55. The Morgan fingerprint density at radius 2 is 1.86 bits per heavy atom. The molecule has 2 atom stereocenters. The number of nitrogens with zero attached hydrogens (tertiary/aromatic N) is 3. The summed E-state index contributed by atoms with van der Waals surface area (Å²) in [5, 5.41) is 5.37. The van der Waals surface area contributed by atoms with Gasteiger partial charge in [-0.3, -0.25) is 4.99 Å². The maximum atomic E-state index is 16.2. The fraction of sp³-hybridized carbons (Fsp3) is 0.357. The van der Waals surface area contributed by atoms with E-state index in [2.05, 4.69) is 26.9 Å². The summed E-state index contributed by atoms with van der Waals surface area (Å²) >= 11 is 0. The number of methoxy groups -OCH3 is 1. The van der Waals surface area contributed by atoms with Crippen LogP contribution in [0.25, 0.3) is 21.9 Å². The highest BCUT2D eigenvalue weighted by atomic mass is 19.1. The highest BCUT2D eigenvalue weighted by Crippen LogP contribution is 2.40. The number of halogens is 2. The lowest BCUT2D eigenvalue weighted by atomic mass is 9.91.